The molecule has 84 valence electrons. The van der Waals surface area contributed by atoms with Crippen molar-refractivity contribution >= 4 is 12.4 Å². The van der Waals surface area contributed by atoms with E-state index >= 15 is 0 Å². The van der Waals surface area contributed by atoms with E-state index in [1.165, 1.54) is 12.1 Å². The normalized spacial score (nSPS) is 11.1. The van der Waals surface area contributed by atoms with Crippen LogP contribution >= 0.6 is 0 Å². The molecule has 16 heavy (non-hydrogen) atoms. The van der Waals surface area contributed by atoms with Crippen molar-refractivity contribution in [2.75, 3.05) is 6.61 Å². The first-order valence-electron chi connectivity index (χ1n) is 4.82. The van der Waals surface area contributed by atoms with Crippen LogP contribution in [0.2, 0.25) is 0 Å². The largest absolute Gasteiger partial charge is 1.00 e. The summed E-state index contributed by atoms with van der Waals surface area (Å²) in [7, 11) is 0. The van der Waals surface area contributed by atoms with Crippen LogP contribution < -0.4 is 61.6 Å². The Labute approximate surface area is 136 Å². The van der Waals surface area contributed by atoms with Crippen LogP contribution in [0.3, 0.4) is 0 Å². The summed E-state index contributed by atoms with van der Waals surface area (Å²) in [4.78, 5) is 0. The number of hydrogen-bond acceptors (Lipinski definition) is 1. The van der Waals surface area contributed by atoms with Crippen LogP contribution in [0.5, 0.6) is 5.75 Å². The van der Waals surface area contributed by atoms with Crippen molar-refractivity contribution in [3.8, 4) is 5.75 Å². The Morgan fingerprint density at radius 2 is 1.62 bits per heavy atom. The summed E-state index contributed by atoms with van der Waals surface area (Å²) < 4.78 is 42.0. The molecule has 0 aliphatic carbocycles. The van der Waals surface area contributed by atoms with Crippen LogP contribution in [0.1, 0.15) is 13.8 Å². The van der Waals surface area contributed by atoms with Gasteiger partial charge in [0.2, 0.25) is 0 Å². The fourth-order valence-corrected chi connectivity index (χ4v) is 1.05. The third kappa shape index (κ3) is 5.72. The molecule has 0 N–H and O–H groups in total. The van der Waals surface area contributed by atoms with E-state index in [1.807, 2.05) is 13.8 Å². The van der Waals surface area contributed by atoms with Crippen LogP contribution in [0.4, 0.5) is 12.9 Å². The Hall–Kier alpha value is 0.511. The second-order valence-electron chi connectivity index (χ2n) is 3.85. The zero-order valence-corrected chi connectivity index (χ0v) is 12.8. The second-order valence-corrected chi connectivity index (χ2v) is 3.85. The molecule has 0 unspecified atom stereocenters. The smallest absolute Gasteiger partial charge is 0.493 e. The van der Waals surface area contributed by atoms with Gasteiger partial charge in [-0.1, -0.05) is 26.0 Å². The van der Waals surface area contributed by atoms with Gasteiger partial charge in [-0.05, 0) is 18.1 Å². The summed E-state index contributed by atoms with van der Waals surface area (Å²) in [6, 6.07) is 4.81. The molecule has 1 aromatic rings. The summed E-state index contributed by atoms with van der Waals surface area (Å²) in [5, 5.41) is 0. The minimum atomic E-state index is -4.90. The third-order valence-electron chi connectivity index (χ3n) is 1.84. The molecule has 0 saturated carbocycles. The maximum absolute atomic E-state index is 12.3. The van der Waals surface area contributed by atoms with Gasteiger partial charge in [0.15, 0.2) is 0 Å². The fraction of sp³-hybridized carbons (Fsp3) is 0.400. The topological polar surface area (TPSA) is 9.23 Å². The zero-order chi connectivity index (χ0) is 11.5. The summed E-state index contributed by atoms with van der Waals surface area (Å²) >= 11 is 0. The van der Waals surface area contributed by atoms with Crippen LogP contribution in [-0.4, -0.2) is 13.6 Å². The Balaban J connectivity index is 0.00000225. The first-order chi connectivity index (χ1) is 6.89. The van der Waals surface area contributed by atoms with Crippen molar-refractivity contribution in [2.45, 2.75) is 13.8 Å². The van der Waals surface area contributed by atoms with E-state index in [-0.39, 0.29) is 51.4 Å². The minimum Gasteiger partial charge on any atom is -0.493 e. The summed E-state index contributed by atoms with van der Waals surface area (Å²) in [5.41, 5.74) is -0.591. The summed E-state index contributed by atoms with van der Waals surface area (Å²) in [6.07, 6.45) is 0. The van der Waals surface area contributed by atoms with Gasteiger partial charge in [0, 0.05) is 0 Å². The molecule has 0 aromatic heterocycles. The zero-order valence-electron chi connectivity index (χ0n) is 9.71. The molecule has 0 fully saturated rings. The Kier molecular flexibility index (Phi) is 7.28. The molecule has 0 amide bonds. The Morgan fingerprint density at radius 3 is 2.00 bits per heavy atom. The monoisotopic (exact) mass is 256 g/mol. The van der Waals surface area contributed by atoms with Gasteiger partial charge >= 0.3 is 58.4 Å². The first-order valence-corrected chi connectivity index (χ1v) is 4.82. The number of ether oxygens (including phenoxy) is 1. The van der Waals surface area contributed by atoms with Crippen LogP contribution in [0, 0.1) is 5.92 Å². The van der Waals surface area contributed by atoms with Crippen molar-refractivity contribution in [3.05, 3.63) is 24.3 Å². The number of halogens is 3. The maximum Gasteiger partial charge on any atom is 1.00 e. The van der Waals surface area contributed by atoms with Gasteiger partial charge in [0.05, 0.1) is 6.61 Å². The molecule has 1 aromatic carbocycles. The molecule has 0 atom stereocenters. The first kappa shape index (κ1) is 16.5. The van der Waals surface area contributed by atoms with Crippen molar-refractivity contribution in [1.29, 1.82) is 0 Å². The maximum atomic E-state index is 12.3. The van der Waals surface area contributed by atoms with Gasteiger partial charge in [0.1, 0.15) is 5.75 Å². The van der Waals surface area contributed by atoms with Gasteiger partial charge in [-0.2, -0.15) is 0 Å². The Bertz CT molecular complexity index is 311. The fourth-order valence-electron chi connectivity index (χ4n) is 1.05. The van der Waals surface area contributed by atoms with Crippen molar-refractivity contribution in [1.82, 2.24) is 0 Å². The minimum absolute atomic E-state index is 0. The standard InChI is InChI=1S/C10H13BF3O.K/c1-8(2)7-15-10-5-3-9(4-6-10)11(12,13)14;/h3-6,8H,7H2,1-2H3;/q-1;+1. The molecular formula is C10H13BF3KO. The van der Waals surface area contributed by atoms with Gasteiger partial charge in [-0.3, -0.25) is 0 Å². The van der Waals surface area contributed by atoms with Crippen LogP contribution in [0.25, 0.3) is 0 Å². The number of rotatable bonds is 4. The molecule has 1 nitrogen and oxygen atoms in total. The number of benzene rings is 1. The molecular weight excluding hydrogens is 243 g/mol. The second kappa shape index (κ2) is 7.06. The molecule has 0 aliphatic rings. The molecule has 6 heteroatoms. The van der Waals surface area contributed by atoms with E-state index in [0.717, 1.165) is 12.1 Å². The van der Waals surface area contributed by atoms with Crippen molar-refractivity contribution < 1.29 is 69.1 Å². The van der Waals surface area contributed by atoms with Crippen LogP contribution in [-0.2, 0) is 0 Å². The van der Waals surface area contributed by atoms with E-state index in [2.05, 4.69) is 0 Å². The van der Waals surface area contributed by atoms with E-state index in [9.17, 15) is 12.9 Å². The average molecular weight is 256 g/mol. The molecule has 0 bridgehead atoms. The van der Waals surface area contributed by atoms with Gasteiger partial charge in [-0.15, -0.1) is 5.46 Å². The van der Waals surface area contributed by atoms with Crippen molar-refractivity contribution in [3.63, 3.8) is 0 Å². The van der Waals surface area contributed by atoms with E-state index < -0.39 is 12.4 Å². The molecule has 0 aliphatic heterocycles. The molecule has 0 radical (unpaired) electrons. The van der Waals surface area contributed by atoms with E-state index in [4.69, 9.17) is 4.74 Å². The molecule has 1 rings (SSSR count). The Morgan fingerprint density at radius 1 is 1.12 bits per heavy atom. The van der Waals surface area contributed by atoms with E-state index in [0.29, 0.717) is 18.3 Å². The summed E-state index contributed by atoms with van der Waals surface area (Å²) in [5.74, 6) is 0.837. The quantitative estimate of drug-likeness (QED) is 0.677. The predicted octanol–water partition coefficient (Wildman–Crippen LogP) is -0.220. The third-order valence-corrected chi connectivity index (χ3v) is 1.84. The average Bonchev–Trinajstić information content (AvgIpc) is 2.14. The van der Waals surface area contributed by atoms with Gasteiger partial charge < -0.3 is 17.7 Å². The number of hydrogen-bond donors (Lipinski definition) is 0. The van der Waals surface area contributed by atoms with Crippen LogP contribution in [0.15, 0.2) is 24.3 Å². The summed E-state index contributed by atoms with van der Waals surface area (Å²) in [6.45, 7) is -0.431. The van der Waals surface area contributed by atoms with E-state index in [1.54, 1.807) is 0 Å². The predicted molar refractivity (Wildman–Crippen MR) is 55.5 cm³/mol. The van der Waals surface area contributed by atoms with Gasteiger partial charge in [0.25, 0.3) is 0 Å². The molecule has 0 saturated heterocycles. The van der Waals surface area contributed by atoms with Crippen molar-refractivity contribution in [2.24, 2.45) is 5.92 Å². The molecule has 0 heterocycles. The SMILES string of the molecule is CC(C)COc1ccc([B-](F)(F)F)cc1.[K+]. The molecule has 0 spiro atoms. The van der Waals surface area contributed by atoms with Gasteiger partial charge in [-0.25, -0.2) is 0 Å².